The van der Waals surface area contributed by atoms with Gasteiger partial charge in [0, 0.05) is 6.42 Å². The maximum Gasteiger partial charge on any atom is 0.305 e. The van der Waals surface area contributed by atoms with E-state index < -0.39 is 6.10 Å². The highest BCUT2D eigenvalue weighted by Crippen LogP contribution is 2.27. The molecule has 1 atom stereocenters. The Bertz CT molecular complexity index is 587. The van der Waals surface area contributed by atoms with E-state index in [2.05, 4.69) is 6.92 Å². The molecule has 0 radical (unpaired) electrons. The van der Waals surface area contributed by atoms with Gasteiger partial charge >= 0.3 is 5.97 Å². The maximum atomic E-state index is 11.6. The number of hydrogen-bond acceptors (Lipinski definition) is 3. The molecule has 2 aromatic rings. The Hall–Kier alpha value is -1.87. The van der Waals surface area contributed by atoms with E-state index in [1.165, 1.54) is 0 Å². The summed E-state index contributed by atoms with van der Waals surface area (Å²) in [6.45, 7) is 2.53. The summed E-state index contributed by atoms with van der Waals surface area (Å²) in [5.74, 6) is -0.234. The number of hydrogen-bond donors (Lipinski definition) is 1. The summed E-state index contributed by atoms with van der Waals surface area (Å²) in [5, 5.41) is 12.5. The van der Waals surface area contributed by atoms with Gasteiger partial charge in [-0.3, -0.25) is 4.79 Å². The van der Waals surface area contributed by atoms with Crippen molar-refractivity contribution in [2.45, 2.75) is 38.7 Å². The Labute approximate surface area is 125 Å². The van der Waals surface area contributed by atoms with Crippen LogP contribution in [-0.4, -0.2) is 17.7 Å². The van der Waals surface area contributed by atoms with E-state index in [9.17, 15) is 9.90 Å². The number of carbonyl (C=O) groups is 1. The summed E-state index contributed by atoms with van der Waals surface area (Å²) in [6.07, 6.45) is 1.88. The third-order valence-electron chi connectivity index (χ3n) is 3.57. The van der Waals surface area contributed by atoms with Crippen molar-refractivity contribution in [3.63, 3.8) is 0 Å². The SMILES string of the molecule is CCCCOC(=O)CCC(O)c1cccc2ccccc12. The lowest BCUT2D eigenvalue weighted by atomic mass is 9.98. The zero-order chi connectivity index (χ0) is 15.1. The quantitative estimate of drug-likeness (QED) is 0.618. The Kier molecular flexibility index (Phi) is 5.76. The molecule has 0 saturated carbocycles. The fourth-order valence-corrected chi connectivity index (χ4v) is 2.35. The minimum atomic E-state index is -0.644. The maximum absolute atomic E-state index is 11.6. The van der Waals surface area contributed by atoms with E-state index in [4.69, 9.17) is 4.74 Å². The second kappa shape index (κ2) is 7.79. The molecule has 21 heavy (non-hydrogen) atoms. The minimum Gasteiger partial charge on any atom is -0.466 e. The predicted molar refractivity (Wildman–Crippen MR) is 84.0 cm³/mol. The summed E-state index contributed by atoms with van der Waals surface area (Å²) < 4.78 is 5.11. The first-order valence-corrected chi connectivity index (χ1v) is 7.53. The lowest BCUT2D eigenvalue weighted by Crippen LogP contribution is -2.08. The van der Waals surface area contributed by atoms with Crippen molar-refractivity contribution in [2.75, 3.05) is 6.61 Å². The van der Waals surface area contributed by atoms with Gasteiger partial charge in [-0.05, 0) is 29.2 Å². The monoisotopic (exact) mass is 286 g/mol. The minimum absolute atomic E-state index is 0.234. The van der Waals surface area contributed by atoms with Crippen molar-refractivity contribution in [3.8, 4) is 0 Å². The molecule has 0 fully saturated rings. The van der Waals surface area contributed by atoms with Crippen molar-refractivity contribution in [2.24, 2.45) is 0 Å². The van der Waals surface area contributed by atoms with Gasteiger partial charge in [0.25, 0.3) is 0 Å². The molecule has 0 aliphatic carbocycles. The second-order valence-electron chi connectivity index (χ2n) is 5.20. The van der Waals surface area contributed by atoms with E-state index in [0.717, 1.165) is 29.2 Å². The van der Waals surface area contributed by atoms with E-state index in [1.54, 1.807) is 0 Å². The van der Waals surface area contributed by atoms with Crippen LogP contribution in [-0.2, 0) is 9.53 Å². The number of benzene rings is 2. The summed E-state index contributed by atoms with van der Waals surface area (Å²) in [4.78, 5) is 11.6. The first kappa shape index (κ1) is 15.5. The van der Waals surface area contributed by atoms with Crippen LogP contribution in [0, 0.1) is 0 Å². The topological polar surface area (TPSA) is 46.5 Å². The summed E-state index contributed by atoms with van der Waals surface area (Å²) in [6, 6.07) is 13.8. The largest absolute Gasteiger partial charge is 0.466 e. The van der Waals surface area contributed by atoms with E-state index >= 15 is 0 Å². The van der Waals surface area contributed by atoms with Gasteiger partial charge in [-0.15, -0.1) is 0 Å². The smallest absolute Gasteiger partial charge is 0.305 e. The lowest BCUT2D eigenvalue weighted by Gasteiger charge is -2.13. The highest BCUT2D eigenvalue weighted by Gasteiger charge is 2.13. The van der Waals surface area contributed by atoms with Crippen LogP contribution < -0.4 is 0 Å². The Morgan fingerprint density at radius 2 is 1.95 bits per heavy atom. The lowest BCUT2D eigenvalue weighted by molar-refractivity contribution is -0.144. The Balaban J connectivity index is 1.96. The van der Waals surface area contributed by atoms with E-state index in [-0.39, 0.29) is 12.4 Å². The molecule has 0 saturated heterocycles. The summed E-state index contributed by atoms with van der Waals surface area (Å²) in [5.41, 5.74) is 0.870. The van der Waals surface area contributed by atoms with Crippen molar-refractivity contribution < 1.29 is 14.6 Å². The van der Waals surface area contributed by atoms with Crippen LogP contribution in [0.2, 0.25) is 0 Å². The average Bonchev–Trinajstić information content (AvgIpc) is 2.52. The van der Waals surface area contributed by atoms with Gasteiger partial charge in [0.1, 0.15) is 0 Å². The van der Waals surface area contributed by atoms with Gasteiger partial charge < -0.3 is 9.84 Å². The number of carbonyl (C=O) groups excluding carboxylic acids is 1. The standard InChI is InChI=1S/C18H22O3/c1-2-3-13-21-18(20)12-11-17(19)16-10-6-8-14-7-4-5-9-15(14)16/h4-10,17,19H,2-3,11-13H2,1H3. The van der Waals surface area contributed by atoms with Gasteiger partial charge in [0.15, 0.2) is 0 Å². The van der Waals surface area contributed by atoms with Crippen LogP contribution in [0.1, 0.15) is 44.3 Å². The zero-order valence-corrected chi connectivity index (χ0v) is 12.4. The molecule has 0 aliphatic rings. The van der Waals surface area contributed by atoms with E-state index in [1.807, 2.05) is 42.5 Å². The third kappa shape index (κ3) is 4.30. The molecule has 0 spiro atoms. The van der Waals surface area contributed by atoms with Crippen molar-refractivity contribution >= 4 is 16.7 Å². The molecule has 1 N–H and O–H groups in total. The molecule has 0 heterocycles. The molecule has 2 aromatic carbocycles. The molecule has 0 amide bonds. The number of aliphatic hydroxyl groups is 1. The summed E-state index contributed by atoms with van der Waals surface area (Å²) >= 11 is 0. The number of ether oxygens (including phenoxy) is 1. The number of unbranched alkanes of at least 4 members (excludes halogenated alkanes) is 1. The number of rotatable bonds is 7. The highest BCUT2D eigenvalue weighted by atomic mass is 16.5. The van der Waals surface area contributed by atoms with Crippen LogP contribution in [0.15, 0.2) is 42.5 Å². The average molecular weight is 286 g/mol. The fraction of sp³-hybridized carbons (Fsp3) is 0.389. The Morgan fingerprint density at radius 1 is 1.19 bits per heavy atom. The van der Waals surface area contributed by atoms with Crippen molar-refractivity contribution in [3.05, 3.63) is 48.0 Å². The number of esters is 1. The molecule has 0 aliphatic heterocycles. The molecule has 3 nitrogen and oxygen atoms in total. The predicted octanol–water partition coefficient (Wildman–Crippen LogP) is 4.00. The van der Waals surface area contributed by atoms with Gasteiger partial charge in [-0.25, -0.2) is 0 Å². The number of fused-ring (bicyclic) bond motifs is 1. The first-order valence-electron chi connectivity index (χ1n) is 7.53. The molecular formula is C18H22O3. The fourth-order valence-electron chi connectivity index (χ4n) is 2.35. The van der Waals surface area contributed by atoms with Crippen molar-refractivity contribution in [1.82, 2.24) is 0 Å². The van der Waals surface area contributed by atoms with Crippen LogP contribution in [0.4, 0.5) is 0 Å². The third-order valence-corrected chi connectivity index (χ3v) is 3.57. The van der Waals surface area contributed by atoms with Crippen LogP contribution in [0.25, 0.3) is 10.8 Å². The highest BCUT2D eigenvalue weighted by molar-refractivity contribution is 5.86. The van der Waals surface area contributed by atoms with Gasteiger partial charge in [-0.1, -0.05) is 55.8 Å². The van der Waals surface area contributed by atoms with Crippen LogP contribution in [0.3, 0.4) is 0 Å². The molecular weight excluding hydrogens is 264 g/mol. The van der Waals surface area contributed by atoms with Gasteiger partial charge in [0.05, 0.1) is 12.7 Å². The zero-order valence-electron chi connectivity index (χ0n) is 12.4. The van der Waals surface area contributed by atoms with Crippen molar-refractivity contribution in [1.29, 1.82) is 0 Å². The normalized spacial score (nSPS) is 12.3. The number of aliphatic hydroxyl groups excluding tert-OH is 1. The molecule has 112 valence electrons. The molecule has 0 aromatic heterocycles. The van der Waals surface area contributed by atoms with Crippen LogP contribution >= 0.6 is 0 Å². The molecule has 3 heteroatoms. The molecule has 0 bridgehead atoms. The molecule has 1 unspecified atom stereocenters. The Morgan fingerprint density at radius 3 is 2.76 bits per heavy atom. The summed E-state index contributed by atoms with van der Waals surface area (Å²) in [7, 11) is 0. The van der Waals surface area contributed by atoms with Gasteiger partial charge in [0.2, 0.25) is 0 Å². The molecule has 2 rings (SSSR count). The van der Waals surface area contributed by atoms with Crippen LogP contribution in [0.5, 0.6) is 0 Å². The van der Waals surface area contributed by atoms with Gasteiger partial charge in [-0.2, -0.15) is 0 Å². The van der Waals surface area contributed by atoms with E-state index in [0.29, 0.717) is 13.0 Å². The first-order chi connectivity index (χ1) is 10.2. The second-order valence-corrected chi connectivity index (χ2v) is 5.20.